The standard InChI is InChI=1S/C12H18ClN5O/c1-5-17(8(2)6-19-4)11-9(3)10(13)16-12-14-7-15-18(11)12/h7-8H,5-6H2,1-4H3. The van der Waals surface area contributed by atoms with Crippen LogP contribution in [0.4, 0.5) is 5.82 Å². The lowest BCUT2D eigenvalue weighted by molar-refractivity contribution is 0.181. The highest BCUT2D eigenvalue weighted by Crippen LogP contribution is 2.26. The molecule has 0 aromatic carbocycles. The first-order chi connectivity index (χ1) is 9.10. The summed E-state index contributed by atoms with van der Waals surface area (Å²) >= 11 is 6.18. The summed E-state index contributed by atoms with van der Waals surface area (Å²) in [5, 5.41) is 4.69. The first-order valence-corrected chi connectivity index (χ1v) is 6.59. The highest BCUT2D eigenvalue weighted by molar-refractivity contribution is 6.30. The fourth-order valence-electron chi connectivity index (χ4n) is 2.22. The second-order valence-electron chi connectivity index (χ2n) is 4.41. The zero-order valence-electron chi connectivity index (χ0n) is 11.6. The lowest BCUT2D eigenvalue weighted by Crippen LogP contribution is -2.38. The Morgan fingerprint density at radius 2 is 2.26 bits per heavy atom. The molecule has 1 atom stereocenters. The van der Waals surface area contributed by atoms with Crippen LogP contribution in [0.5, 0.6) is 0 Å². The smallest absolute Gasteiger partial charge is 0.255 e. The third-order valence-corrected chi connectivity index (χ3v) is 3.49. The predicted octanol–water partition coefficient (Wildman–Crippen LogP) is 1.95. The molecule has 104 valence electrons. The molecule has 0 amide bonds. The van der Waals surface area contributed by atoms with Gasteiger partial charge in [0.2, 0.25) is 0 Å². The summed E-state index contributed by atoms with van der Waals surface area (Å²) in [5.74, 6) is 1.42. The van der Waals surface area contributed by atoms with Crippen molar-refractivity contribution in [3.63, 3.8) is 0 Å². The zero-order valence-corrected chi connectivity index (χ0v) is 12.3. The Bertz CT molecular complexity index is 570. The van der Waals surface area contributed by atoms with Gasteiger partial charge in [0.05, 0.1) is 12.6 Å². The van der Waals surface area contributed by atoms with Crippen LogP contribution in [0, 0.1) is 6.92 Å². The van der Waals surface area contributed by atoms with Crippen molar-refractivity contribution in [1.82, 2.24) is 19.6 Å². The molecular formula is C12H18ClN5O. The van der Waals surface area contributed by atoms with Crippen LogP contribution >= 0.6 is 11.6 Å². The van der Waals surface area contributed by atoms with Gasteiger partial charge in [-0.2, -0.15) is 19.6 Å². The minimum absolute atomic E-state index is 0.208. The molecule has 19 heavy (non-hydrogen) atoms. The SMILES string of the molecule is CCN(c1c(C)c(Cl)nc2ncnn12)C(C)COC. The van der Waals surface area contributed by atoms with Crippen LogP contribution in [-0.4, -0.2) is 45.9 Å². The predicted molar refractivity (Wildman–Crippen MR) is 74.9 cm³/mol. The fraction of sp³-hybridized carbons (Fsp3) is 0.583. The Labute approximate surface area is 117 Å². The van der Waals surface area contributed by atoms with Crippen molar-refractivity contribution < 1.29 is 4.74 Å². The number of aromatic nitrogens is 4. The van der Waals surface area contributed by atoms with E-state index < -0.39 is 0 Å². The summed E-state index contributed by atoms with van der Waals surface area (Å²) in [6, 6.07) is 0.208. The molecule has 0 radical (unpaired) electrons. The van der Waals surface area contributed by atoms with Gasteiger partial charge < -0.3 is 9.64 Å². The number of rotatable bonds is 5. The molecule has 0 N–H and O–H groups in total. The van der Waals surface area contributed by atoms with Gasteiger partial charge in [-0.15, -0.1) is 0 Å². The van der Waals surface area contributed by atoms with Crippen LogP contribution in [0.3, 0.4) is 0 Å². The number of hydrogen-bond acceptors (Lipinski definition) is 5. The second kappa shape index (κ2) is 5.71. The first-order valence-electron chi connectivity index (χ1n) is 6.21. The zero-order chi connectivity index (χ0) is 14.0. The lowest BCUT2D eigenvalue weighted by Gasteiger charge is -2.30. The van der Waals surface area contributed by atoms with E-state index >= 15 is 0 Å². The van der Waals surface area contributed by atoms with Gasteiger partial charge in [0.1, 0.15) is 17.3 Å². The van der Waals surface area contributed by atoms with Gasteiger partial charge in [-0.25, -0.2) is 0 Å². The van der Waals surface area contributed by atoms with E-state index in [-0.39, 0.29) is 6.04 Å². The largest absolute Gasteiger partial charge is 0.383 e. The number of ether oxygens (including phenoxy) is 1. The van der Waals surface area contributed by atoms with Crippen molar-refractivity contribution in [3.05, 3.63) is 17.0 Å². The maximum absolute atomic E-state index is 6.18. The van der Waals surface area contributed by atoms with E-state index in [0.29, 0.717) is 17.5 Å². The Balaban J connectivity index is 2.58. The molecule has 0 aliphatic carbocycles. The van der Waals surface area contributed by atoms with Gasteiger partial charge in [-0.1, -0.05) is 11.6 Å². The van der Waals surface area contributed by atoms with Crippen LogP contribution < -0.4 is 4.90 Å². The van der Waals surface area contributed by atoms with Crippen LogP contribution in [0.1, 0.15) is 19.4 Å². The maximum atomic E-state index is 6.18. The summed E-state index contributed by atoms with van der Waals surface area (Å²) in [7, 11) is 1.70. The summed E-state index contributed by atoms with van der Waals surface area (Å²) in [6.07, 6.45) is 1.48. The molecule has 2 aromatic rings. The summed E-state index contributed by atoms with van der Waals surface area (Å²) in [4.78, 5) is 10.5. The molecule has 0 saturated carbocycles. The number of methoxy groups -OCH3 is 1. The third kappa shape index (κ3) is 2.50. The maximum Gasteiger partial charge on any atom is 0.255 e. The quantitative estimate of drug-likeness (QED) is 0.785. The van der Waals surface area contributed by atoms with Crippen molar-refractivity contribution in [3.8, 4) is 0 Å². The van der Waals surface area contributed by atoms with Gasteiger partial charge in [0.15, 0.2) is 0 Å². The highest BCUT2D eigenvalue weighted by Gasteiger charge is 2.21. The van der Waals surface area contributed by atoms with Crippen LogP contribution in [-0.2, 0) is 4.74 Å². The van der Waals surface area contributed by atoms with E-state index in [9.17, 15) is 0 Å². The van der Waals surface area contributed by atoms with Gasteiger partial charge in [-0.3, -0.25) is 0 Å². The van der Waals surface area contributed by atoms with Crippen LogP contribution in [0.2, 0.25) is 5.15 Å². The van der Waals surface area contributed by atoms with E-state index in [2.05, 4.69) is 33.8 Å². The Morgan fingerprint density at radius 3 is 2.89 bits per heavy atom. The van der Waals surface area contributed by atoms with E-state index in [1.54, 1.807) is 11.6 Å². The fourth-order valence-corrected chi connectivity index (χ4v) is 2.38. The van der Waals surface area contributed by atoms with Crippen molar-refractivity contribution in [1.29, 1.82) is 0 Å². The second-order valence-corrected chi connectivity index (χ2v) is 4.77. The molecule has 0 aliphatic heterocycles. The number of anilines is 1. The number of fused-ring (bicyclic) bond motifs is 1. The molecule has 2 aromatic heterocycles. The van der Waals surface area contributed by atoms with Gasteiger partial charge >= 0.3 is 0 Å². The van der Waals surface area contributed by atoms with E-state index in [1.807, 2.05) is 6.92 Å². The molecule has 2 rings (SSSR count). The van der Waals surface area contributed by atoms with Crippen LogP contribution in [0.15, 0.2) is 6.33 Å². The molecule has 0 spiro atoms. The Kier molecular flexibility index (Phi) is 4.21. The van der Waals surface area contributed by atoms with Gasteiger partial charge in [0, 0.05) is 19.2 Å². The average molecular weight is 284 g/mol. The number of nitrogens with zero attached hydrogens (tertiary/aromatic N) is 5. The first kappa shape index (κ1) is 14.0. The van der Waals surface area contributed by atoms with Crippen molar-refractivity contribution in [2.75, 3.05) is 25.2 Å². The normalized spacial score (nSPS) is 12.9. The average Bonchev–Trinajstić information content (AvgIpc) is 2.82. The number of likely N-dealkylation sites (N-methyl/N-ethyl adjacent to an activating group) is 1. The monoisotopic (exact) mass is 283 g/mol. The van der Waals surface area contributed by atoms with Crippen molar-refractivity contribution >= 4 is 23.2 Å². The molecular weight excluding hydrogens is 266 g/mol. The van der Waals surface area contributed by atoms with Crippen molar-refractivity contribution in [2.45, 2.75) is 26.8 Å². The molecule has 6 nitrogen and oxygen atoms in total. The molecule has 0 fully saturated rings. The lowest BCUT2D eigenvalue weighted by atomic mass is 10.2. The number of halogens is 1. The van der Waals surface area contributed by atoms with E-state index in [0.717, 1.165) is 17.9 Å². The van der Waals surface area contributed by atoms with Crippen molar-refractivity contribution in [2.24, 2.45) is 0 Å². The van der Waals surface area contributed by atoms with Gasteiger partial charge in [0.25, 0.3) is 5.78 Å². The summed E-state index contributed by atoms with van der Waals surface area (Å²) in [6.45, 7) is 7.57. The van der Waals surface area contributed by atoms with Gasteiger partial charge in [-0.05, 0) is 20.8 Å². The Morgan fingerprint density at radius 1 is 1.53 bits per heavy atom. The molecule has 0 aliphatic rings. The van der Waals surface area contributed by atoms with E-state index in [4.69, 9.17) is 16.3 Å². The molecule has 1 unspecified atom stereocenters. The minimum atomic E-state index is 0.208. The molecule has 7 heteroatoms. The number of hydrogen-bond donors (Lipinski definition) is 0. The van der Waals surface area contributed by atoms with Crippen LogP contribution in [0.25, 0.3) is 5.78 Å². The molecule has 0 bridgehead atoms. The Hall–Kier alpha value is -1.40. The van der Waals surface area contributed by atoms with E-state index in [1.165, 1.54) is 6.33 Å². The molecule has 2 heterocycles. The molecule has 0 saturated heterocycles. The highest BCUT2D eigenvalue weighted by atomic mass is 35.5. The topological polar surface area (TPSA) is 55.6 Å². The minimum Gasteiger partial charge on any atom is -0.383 e. The third-order valence-electron chi connectivity index (χ3n) is 3.13. The summed E-state index contributed by atoms with van der Waals surface area (Å²) in [5.41, 5.74) is 0.893. The summed E-state index contributed by atoms with van der Waals surface area (Å²) < 4.78 is 6.96.